The van der Waals surface area contributed by atoms with E-state index in [0.29, 0.717) is 0 Å². The van der Waals surface area contributed by atoms with E-state index in [9.17, 15) is 0 Å². The minimum absolute atomic E-state index is 0.217. The first kappa shape index (κ1) is 58.6. The summed E-state index contributed by atoms with van der Waals surface area (Å²) in [6.45, 7) is 4.80. The number of hydrogen-bond acceptors (Lipinski definition) is 2. The minimum atomic E-state index is -0.635. The van der Waals surface area contributed by atoms with Crippen LogP contribution in [0.5, 0.6) is 0 Å². The van der Waals surface area contributed by atoms with Crippen molar-refractivity contribution in [1.29, 1.82) is 0 Å². The molecule has 2 aliphatic rings. The summed E-state index contributed by atoms with van der Waals surface area (Å²) in [6, 6.07) is 136. The smallest absolute Gasteiger partial charge is 0.0713 e. The molecule has 1 aromatic heterocycles. The van der Waals surface area contributed by atoms with Crippen LogP contribution in [0.4, 0.5) is 17.1 Å². The summed E-state index contributed by atoms with van der Waals surface area (Å²) < 4.78 is 2.47. The monoisotopic (exact) mass is 1270 g/mol. The molecule has 0 aliphatic heterocycles. The number of hydrogen-bond donors (Lipinski definition) is 0. The molecule has 0 saturated carbocycles. The third-order valence-electron chi connectivity index (χ3n) is 20.8. The Morgan fingerprint density at radius 1 is 0.296 bits per heavy atom. The minimum Gasteiger partial charge on any atom is -0.310 e. The van der Waals surface area contributed by atoms with Gasteiger partial charge in [-0.15, -0.1) is 11.3 Å². The van der Waals surface area contributed by atoms with E-state index in [1.54, 1.807) is 0 Å². The summed E-state index contributed by atoms with van der Waals surface area (Å²) in [5, 5.41) is 2.47. The van der Waals surface area contributed by atoms with Crippen LogP contribution in [0.25, 0.3) is 110 Å². The maximum absolute atomic E-state index is 2.52. The van der Waals surface area contributed by atoms with Crippen LogP contribution in [0.15, 0.2) is 364 Å². The molecule has 0 saturated heterocycles. The first-order chi connectivity index (χ1) is 48.3. The average Bonchev–Trinajstić information content (AvgIpc) is 1.52. The van der Waals surface area contributed by atoms with Gasteiger partial charge in [-0.25, -0.2) is 0 Å². The van der Waals surface area contributed by atoms with Gasteiger partial charge in [0.25, 0.3) is 0 Å². The zero-order valence-electron chi connectivity index (χ0n) is 54.6. The van der Waals surface area contributed by atoms with Crippen molar-refractivity contribution in [2.75, 3.05) is 4.90 Å². The van der Waals surface area contributed by atoms with E-state index in [-0.39, 0.29) is 5.41 Å². The molecule has 98 heavy (non-hydrogen) atoms. The highest BCUT2D eigenvalue weighted by Gasteiger charge is 2.46. The Bertz CT molecular complexity index is 5630. The van der Waals surface area contributed by atoms with E-state index in [4.69, 9.17) is 0 Å². The molecule has 1 unspecified atom stereocenters. The van der Waals surface area contributed by atoms with Gasteiger partial charge in [0, 0.05) is 48.2 Å². The molecule has 0 N–H and O–H groups in total. The Kier molecular flexibility index (Phi) is 14.4. The lowest BCUT2D eigenvalue weighted by atomic mass is 9.67. The molecule has 462 valence electrons. The van der Waals surface area contributed by atoms with Crippen molar-refractivity contribution in [2.45, 2.75) is 24.7 Å². The van der Waals surface area contributed by atoms with Crippen LogP contribution in [0.2, 0.25) is 0 Å². The summed E-state index contributed by atoms with van der Waals surface area (Å²) >= 11 is 1.90. The third-order valence-corrected chi connectivity index (χ3v) is 22.0. The number of fused-ring (bicyclic) bond motifs is 9. The summed E-state index contributed by atoms with van der Waals surface area (Å²) in [5.41, 5.74) is 31.9. The Labute approximate surface area is 577 Å². The lowest BCUT2D eigenvalue weighted by molar-refractivity contribution is 0.660. The highest BCUT2D eigenvalue weighted by atomic mass is 32.1. The first-order valence-electron chi connectivity index (χ1n) is 34.0. The SMILES string of the molecule is CC1(C)c2ccccc2-c2ccc(/C(=C/c3ccc4c(c3)C(c3ccccc3)(c3ccc(-c5ccccc5-c5ccccc5)cc3)c3ccccc3-4)c3cc(-c4ccccc4)cc4c3sc3cc(N(c5ccc(-c6ccccc6)cc5)c5ccc(-c6ccccc6)cc5)ccc34)cc21. The van der Waals surface area contributed by atoms with Crippen molar-refractivity contribution in [2.24, 2.45) is 0 Å². The lowest BCUT2D eigenvalue weighted by Gasteiger charge is -2.34. The molecule has 0 bridgehead atoms. The second-order valence-corrected chi connectivity index (χ2v) is 27.7. The van der Waals surface area contributed by atoms with E-state index in [1.165, 1.54) is 148 Å². The van der Waals surface area contributed by atoms with Crippen LogP contribution in [-0.4, -0.2) is 0 Å². The summed E-state index contributed by atoms with van der Waals surface area (Å²) in [4.78, 5) is 2.42. The van der Waals surface area contributed by atoms with Crippen LogP contribution < -0.4 is 4.90 Å². The van der Waals surface area contributed by atoms with Gasteiger partial charge < -0.3 is 4.90 Å². The van der Waals surface area contributed by atoms with E-state index < -0.39 is 5.41 Å². The molecule has 0 amide bonds. The maximum Gasteiger partial charge on any atom is 0.0713 e. The molecule has 2 aliphatic carbocycles. The van der Waals surface area contributed by atoms with Crippen LogP contribution in [0, 0.1) is 0 Å². The van der Waals surface area contributed by atoms with Gasteiger partial charge in [0.15, 0.2) is 0 Å². The van der Waals surface area contributed by atoms with Gasteiger partial charge in [-0.1, -0.05) is 317 Å². The van der Waals surface area contributed by atoms with Crippen molar-refractivity contribution in [3.05, 3.63) is 414 Å². The van der Waals surface area contributed by atoms with Gasteiger partial charge in [-0.2, -0.15) is 0 Å². The molecule has 2 heteroatoms. The predicted octanol–water partition coefficient (Wildman–Crippen LogP) is 26.1. The predicted molar refractivity (Wildman–Crippen MR) is 416 cm³/mol. The number of nitrogens with zero attached hydrogens (tertiary/aromatic N) is 1. The van der Waals surface area contributed by atoms with Gasteiger partial charge in [0.1, 0.15) is 0 Å². The van der Waals surface area contributed by atoms with Crippen LogP contribution >= 0.6 is 11.3 Å². The molecule has 1 nitrogen and oxygen atoms in total. The highest BCUT2D eigenvalue weighted by molar-refractivity contribution is 7.26. The van der Waals surface area contributed by atoms with E-state index in [1.807, 2.05) is 11.3 Å². The van der Waals surface area contributed by atoms with Gasteiger partial charge >= 0.3 is 0 Å². The average molecular weight is 1270 g/mol. The second-order valence-electron chi connectivity index (χ2n) is 26.7. The summed E-state index contributed by atoms with van der Waals surface area (Å²) in [6.07, 6.45) is 2.51. The molecule has 16 aromatic rings. The number of thiophene rings is 1. The zero-order valence-corrected chi connectivity index (χ0v) is 55.4. The summed E-state index contributed by atoms with van der Waals surface area (Å²) in [5.74, 6) is 0. The quantitative estimate of drug-likeness (QED) is 0.104. The van der Waals surface area contributed by atoms with Crippen molar-refractivity contribution >= 4 is 60.2 Å². The molecule has 1 atom stereocenters. The standard InChI is InChI=1S/C96H67NS/c1-95(2)89-38-22-20-36-81(89)83-56-47-72(62-91(83)95)86(58-64-40-55-84-82-37-21-23-39-90(82)96(92(84)59-64,74-32-16-7-17-33-74)75-48-41-71(42-49-75)80-35-19-18-34-79(80)70-30-14-6-15-31-70)88-61-73(67-28-12-5-13-29-67)60-87-85-57-54-78(63-93(85)98-94(87)88)97(76-50-43-68(44-51-76)65-24-8-3-9-25-65)77-52-45-69(46-53-77)66-26-10-4-11-27-66/h3-63H,1-2H3/b86-58-. The van der Waals surface area contributed by atoms with E-state index in [2.05, 4.69) is 389 Å². The third kappa shape index (κ3) is 9.90. The van der Waals surface area contributed by atoms with Crippen molar-refractivity contribution in [1.82, 2.24) is 0 Å². The molecule has 18 rings (SSSR count). The number of benzene rings is 15. The molecule has 0 fully saturated rings. The molecule has 1 heterocycles. The number of anilines is 3. The highest BCUT2D eigenvalue weighted by Crippen LogP contribution is 2.58. The zero-order chi connectivity index (χ0) is 65.3. The van der Waals surface area contributed by atoms with Crippen LogP contribution in [0.1, 0.15) is 63.9 Å². The molecular formula is C96H67NS. The number of rotatable bonds is 13. The fourth-order valence-electron chi connectivity index (χ4n) is 16.0. The van der Waals surface area contributed by atoms with Gasteiger partial charge in [-0.3, -0.25) is 0 Å². The molecule has 0 spiro atoms. The Morgan fingerprint density at radius 2 is 0.735 bits per heavy atom. The van der Waals surface area contributed by atoms with Gasteiger partial charge in [0.2, 0.25) is 0 Å². The topological polar surface area (TPSA) is 3.24 Å². The molecular weight excluding hydrogens is 1200 g/mol. The van der Waals surface area contributed by atoms with E-state index >= 15 is 0 Å². The lowest BCUT2D eigenvalue weighted by Crippen LogP contribution is -2.28. The van der Waals surface area contributed by atoms with Crippen molar-refractivity contribution in [3.63, 3.8) is 0 Å². The molecule has 15 aromatic carbocycles. The Hall–Kier alpha value is -11.9. The normalized spacial score (nSPS) is 14.2. The van der Waals surface area contributed by atoms with Crippen LogP contribution in [0.3, 0.4) is 0 Å². The van der Waals surface area contributed by atoms with Gasteiger partial charge in [0.05, 0.1) is 5.41 Å². The van der Waals surface area contributed by atoms with Crippen molar-refractivity contribution < 1.29 is 0 Å². The Morgan fingerprint density at radius 3 is 1.34 bits per heavy atom. The largest absolute Gasteiger partial charge is 0.310 e. The Balaban J connectivity index is 0.846. The van der Waals surface area contributed by atoms with Gasteiger partial charge in [-0.05, 0) is 195 Å². The van der Waals surface area contributed by atoms with Crippen molar-refractivity contribution in [3.8, 4) is 77.9 Å². The maximum atomic E-state index is 2.52. The fourth-order valence-corrected chi connectivity index (χ4v) is 17.3. The van der Waals surface area contributed by atoms with E-state index in [0.717, 1.165) is 22.6 Å². The summed E-state index contributed by atoms with van der Waals surface area (Å²) in [7, 11) is 0. The second kappa shape index (κ2) is 24.1. The van der Waals surface area contributed by atoms with Crippen LogP contribution in [-0.2, 0) is 10.8 Å². The first-order valence-corrected chi connectivity index (χ1v) is 34.8. The fraction of sp³-hybridized carbons (Fsp3) is 0.0417. The molecule has 0 radical (unpaired) electrons.